The number of hydrogen-bond donors (Lipinski definition) is 2. The van der Waals surface area contributed by atoms with E-state index in [2.05, 4.69) is 6.58 Å². The molecule has 0 amide bonds. The van der Waals surface area contributed by atoms with E-state index in [1.165, 1.54) is 18.2 Å². The number of aliphatic carboxylic acids is 2. The number of carboxylic acids is 2. The maximum Gasteiger partial charge on any atom is 0.310 e. The van der Waals surface area contributed by atoms with E-state index >= 15 is 0 Å². The Kier molecular flexibility index (Phi) is 6.23. The normalized spacial score (nSPS) is 13.8. The number of benzene rings is 1. The number of rotatable bonds is 8. The first-order valence-corrected chi connectivity index (χ1v) is 6.33. The highest BCUT2D eigenvalue weighted by atomic mass is 16.4. The number of carbonyl (C=O) groups is 2. The fourth-order valence-electron chi connectivity index (χ4n) is 1.82. The molecule has 0 saturated heterocycles. The van der Waals surface area contributed by atoms with E-state index in [9.17, 15) is 14.7 Å². The lowest BCUT2D eigenvalue weighted by atomic mass is 9.96. The van der Waals surface area contributed by atoms with Crippen LogP contribution in [-0.4, -0.2) is 22.2 Å². The smallest absolute Gasteiger partial charge is 0.310 e. The highest BCUT2D eigenvalue weighted by molar-refractivity contribution is 5.74. The lowest BCUT2D eigenvalue weighted by Gasteiger charge is -2.09. The van der Waals surface area contributed by atoms with E-state index in [4.69, 9.17) is 5.11 Å². The molecule has 0 radical (unpaired) electrons. The monoisotopic (exact) mass is 274 g/mol. The summed E-state index contributed by atoms with van der Waals surface area (Å²) in [5.74, 6) is -3.41. The summed E-state index contributed by atoms with van der Waals surface area (Å²) in [6.07, 6.45) is 5.02. The van der Waals surface area contributed by atoms with Crippen molar-refractivity contribution in [1.29, 1.82) is 0 Å². The van der Waals surface area contributed by atoms with Gasteiger partial charge in [0.25, 0.3) is 0 Å². The van der Waals surface area contributed by atoms with Crippen molar-refractivity contribution in [3.63, 3.8) is 0 Å². The van der Waals surface area contributed by atoms with Crippen LogP contribution in [0.3, 0.4) is 0 Å². The van der Waals surface area contributed by atoms with Gasteiger partial charge in [0.2, 0.25) is 0 Å². The molecule has 2 atom stereocenters. The summed E-state index contributed by atoms with van der Waals surface area (Å²) < 4.78 is 0. The fourth-order valence-corrected chi connectivity index (χ4v) is 1.82. The van der Waals surface area contributed by atoms with Crippen LogP contribution in [0, 0.1) is 11.8 Å². The molecule has 0 aromatic heterocycles. The van der Waals surface area contributed by atoms with Crippen molar-refractivity contribution in [2.45, 2.75) is 12.8 Å². The highest BCUT2D eigenvalue weighted by Gasteiger charge is 2.17. The molecule has 0 bridgehead atoms. The van der Waals surface area contributed by atoms with Crippen molar-refractivity contribution in [2.75, 3.05) is 0 Å². The Morgan fingerprint density at radius 3 is 2.10 bits per heavy atom. The summed E-state index contributed by atoms with van der Waals surface area (Å²) in [6, 6.07) is 9.25. The van der Waals surface area contributed by atoms with Crippen LogP contribution in [0.1, 0.15) is 12.0 Å². The van der Waals surface area contributed by atoms with Crippen molar-refractivity contribution >= 4 is 11.9 Å². The number of carboxylic acid groups (broad SMARTS) is 2. The van der Waals surface area contributed by atoms with Gasteiger partial charge >= 0.3 is 11.9 Å². The second kappa shape index (κ2) is 7.94. The third kappa shape index (κ3) is 5.10. The average Bonchev–Trinajstić information content (AvgIpc) is 2.42. The quantitative estimate of drug-likeness (QED) is 0.715. The summed E-state index contributed by atoms with van der Waals surface area (Å²) in [5, 5.41) is 18.2. The lowest BCUT2D eigenvalue weighted by molar-refractivity contribution is -0.141. The van der Waals surface area contributed by atoms with Gasteiger partial charge in [-0.2, -0.15) is 0 Å². The highest BCUT2D eigenvalue weighted by Crippen LogP contribution is 2.14. The largest absolute Gasteiger partial charge is 0.481 e. The standard InChI is InChI=1S/C16H18O4/c1-2-6-13(15(17)18)9-10-14(16(19)20)11-12-7-4-3-5-8-12/h2-5,7-10,13-14H,1,6,11H2,(H,17,18)(H,19,20)/t13-,14+/m0/s1. The average molecular weight is 274 g/mol. The zero-order chi connectivity index (χ0) is 15.0. The van der Waals surface area contributed by atoms with Crippen LogP contribution in [0.4, 0.5) is 0 Å². The van der Waals surface area contributed by atoms with Gasteiger partial charge in [-0.25, -0.2) is 0 Å². The van der Waals surface area contributed by atoms with Gasteiger partial charge in [0.15, 0.2) is 0 Å². The minimum Gasteiger partial charge on any atom is -0.481 e. The molecular weight excluding hydrogens is 256 g/mol. The summed E-state index contributed by atoms with van der Waals surface area (Å²) in [5.41, 5.74) is 0.903. The van der Waals surface area contributed by atoms with E-state index in [0.717, 1.165) is 5.56 Å². The van der Waals surface area contributed by atoms with Gasteiger partial charge in [0, 0.05) is 0 Å². The molecule has 0 aliphatic heterocycles. The Labute approximate surface area is 118 Å². The van der Waals surface area contributed by atoms with Crippen LogP contribution in [0.25, 0.3) is 0 Å². The van der Waals surface area contributed by atoms with Gasteiger partial charge in [-0.3, -0.25) is 9.59 Å². The van der Waals surface area contributed by atoms with E-state index in [-0.39, 0.29) is 6.42 Å². The second-order valence-corrected chi connectivity index (χ2v) is 4.49. The van der Waals surface area contributed by atoms with E-state index in [1.54, 1.807) is 0 Å². The van der Waals surface area contributed by atoms with Gasteiger partial charge in [-0.1, -0.05) is 48.6 Å². The summed E-state index contributed by atoms with van der Waals surface area (Å²) in [4.78, 5) is 22.2. The number of allylic oxidation sites excluding steroid dienone is 1. The van der Waals surface area contributed by atoms with Crippen molar-refractivity contribution in [3.05, 3.63) is 60.7 Å². The minimum absolute atomic E-state index is 0.281. The zero-order valence-electron chi connectivity index (χ0n) is 11.1. The van der Waals surface area contributed by atoms with Crippen LogP contribution in [0.15, 0.2) is 55.1 Å². The summed E-state index contributed by atoms with van der Waals surface area (Å²) in [6.45, 7) is 3.50. The molecule has 0 saturated carbocycles. The first kappa shape index (κ1) is 15.7. The molecule has 106 valence electrons. The van der Waals surface area contributed by atoms with Crippen molar-refractivity contribution in [3.8, 4) is 0 Å². The third-order valence-electron chi connectivity index (χ3n) is 2.93. The SMILES string of the molecule is C=CC[C@@H](C=C[C@H](Cc1ccccc1)C(=O)O)C(=O)O. The van der Waals surface area contributed by atoms with Gasteiger partial charge < -0.3 is 10.2 Å². The maximum absolute atomic E-state index is 11.2. The van der Waals surface area contributed by atoms with Crippen molar-refractivity contribution in [1.82, 2.24) is 0 Å². The summed E-state index contributed by atoms with van der Waals surface area (Å²) >= 11 is 0. The molecule has 1 rings (SSSR count). The van der Waals surface area contributed by atoms with Crippen LogP contribution in [-0.2, 0) is 16.0 Å². The van der Waals surface area contributed by atoms with Crippen molar-refractivity contribution in [2.24, 2.45) is 11.8 Å². The predicted octanol–water partition coefficient (Wildman–Crippen LogP) is 2.76. The number of hydrogen-bond acceptors (Lipinski definition) is 2. The molecule has 0 heterocycles. The first-order valence-electron chi connectivity index (χ1n) is 6.33. The molecule has 0 aliphatic carbocycles. The Hall–Kier alpha value is -2.36. The Morgan fingerprint density at radius 1 is 1.05 bits per heavy atom. The van der Waals surface area contributed by atoms with E-state index in [0.29, 0.717) is 6.42 Å². The molecular formula is C16H18O4. The minimum atomic E-state index is -0.981. The molecule has 20 heavy (non-hydrogen) atoms. The fraction of sp³-hybridized carbons (Fsp3) is 0.250. The van der Waals surface area contributed by atoms with Crippen LogP contribution >= 0.6 is 0 Å². The van der Waals surface area contributed by atoms with E-state index in [1.807, 2.05) is 30.3 Å². The second-order valence-electron chi connectivity index (χ2n) is 4.49. The Bertz CT molecular complexity index is 490. The van der Waals surface area contributed by atoms with Crippen LogP contribution in [0.5, 0.6) is 0 Å². The van der Waals surface area contributed by atoms with Crippen LogP contribution in [0.2, 0.25) is 0 Å². The van der Waals surface area contributed by atoms with Gasteiger partial charge in [0.1, 0.15) is 0 Å². The predicted molar refractivity (Wildman–Crippen MR) is 76.4 cm³/mol. The molecule has 4 nitrogen and oxygen atoms in total. The van der Waals surface area contributed by atoms with Gasteiger partial charge in [0.05, 0.1) is 11.8 Å². The topological polar surface area (TPSA) is 74.6 Å². The van der Waals surface area contributed by atoms with Gasteiger partial charge in [-0.05, 0) is 18.4 Å². The molecule has 0 aliphatic rings. The lowest BCUT2D eigenvalue weighted by Crippen LogP contribution is -2.16. The molecule has 0 fully saturated rings. The Morgan fingerprint density at radius 2 is 1.60 bits per heavy atom. The zero-order valence-corrected chi connectivity index (χ0v) is 11.1. The molecule has 1 aromatic carbocycles. The molecule has 2 N–H and O–H groups in total. The first-order chi connectivity index (χ1) is 9.54. The molecule has 4 heteroatoms. The molecule has 0 spiro atoms. The maximum atomic E-state index is 11.2. The van der Waals surface area contributed by atoms with Crippen LogP contribution < -0.4 is 0 Å². The molecule has 0 unspecified atom stereocenters. The summed E-state index contributed by atoms with van der Waals surface area (Å²) in [7, 11) is 0. The van der Waals surface area contributed by atoms with Crippen molar-refractivity contribution < 1.29 is 19.8 Å². The Balaban J connectivity index is 2.79. The molecule has 1 aromatic rings. The van der Waals surface area contributed by atoms with E-state index < -0.39 is 23.8 Å². The van der Waals surface area contributed by atoms with Gasteiger partial charge in [-0.15, -0.1) is 6.58 Å². The third-order valence-corrected chi connectivity index (χ3v) is 2.93.